The first-order valence-electron chi connectivity index (χ1n) is 7.51. The molecule has 0 aliphatic carbocycles. The van der Waals surface area contributed by atoms with Gasteiger partial charge in [0.2, 0.25) is 0 Å². The Kier molecular flexibility index (Phi) is 4.64. The van der Waals surface area contributed by atoms with E-state index in [9.17, 15) is 26.7 Å². The van der Waals surface area contributed by atoms with Crippen LogP contribution in [-0.2, 0) is 13.2 Å². The smallest absolute Gasteiger partial charge is 0.306 e. The molecule has 27 heavy (non-hydrogen) atoms. The summed E-state index contributed by atoms with van der Waals surface area (Å²) in [6.07, 6.45) is -4.62. The van der Waals surface area contributed by atoms with Crippen molar-refractivity contribution in [2.45, 2.75) is 6.18 Å². The standard InChI is InChI=1S/C17H11F5N4O/c1-26-12(8-13(25-26)17(20,21)22)11-6-3-7-14(23-11)24-16(27)15-9(18)4-2-5-10(15)19/h2-8H,1H3,(H,23,24,27). The number of benzene rings is 1. The van der Waals surface area contributed by atoms with Gasteiger partial charge < -0.3 is 5.32 Å². The molecular formula is C17H11F5N4O. The third-order valence-electron chi connectivity index (χ3n) is 3.61. The summed E-state index contributed by atoms with van der Waals surface area (Å²) in [7, 11) is 1.31. The normalized spacial score (nSPS) is 11.5. The Hall–Kier alpha value is -3.30. The fourth-order valence-corrected chi connectivity index (χ4v) is 2.39. The molecule has 0 spiro atoms. The Morgan fingerprint density at radius 3 is 2.30 bits per heavy atom. The van der Waals surface area contributed by atoms with E-state index in [4.69, 9.17) is 0 Å². The number of aryl methyl sites for hydroxylation is 1. The van der Waals surface area contributed by atoms with Gasteiger partial charge in [-0.05, 0) is 30.3 Å². The minimum Gasteiger partial charge on any atom is -0.306 e. The zero-order chi connectivity index (χ0) is 19.8. The molecule has 3 rings (SSSR count). The summed E-state index contributed by atoms with van der Waals surface area (Å²) in [5, 5.41) is 5.61. The Morgan fingerprint density at radius 2 is 1.70 bits per heavy atom. The summed E-state index contributed by atoms with van der Waals surface area (Å²) < 4.78 is 66.7. The molecule has 0 atom stereocenters. The molecule has 5 nitrogen and oxygen atoms in total. The number of hydrogen-bond acceptors (Lipinski definition) is 3. The molecule has 0 saturated carbocycles. The highest BCUT2D eigenvalue weighted by Gasteiger charge is 2.34. The second kappa shape index (κ2) is 6.78. The quantitative estimate of drug-likeness (QED) is 0.696. The van der Waals surface area contributed by atoms with E-state index in [1.165, 1.54) is 25.2 Å². The highest BCUT2D eigenvalue weighted by atomic mass is 19.4. The monoisotopic (exact) mass is 382 g/mol. The van der Waals surface area contributed by atoms with Crippen molar-refractivity contribution in [1.82, 2.24) is 14.8 Å². The van der Waals surface area contributed by atoms with E-state index in [1.54, 1.807) is 0 Å². The second-order valence-electron chi connectivity index (χ2n) is 5.50. The molecule has 140 valence electrons. The summed E-state index contributed by atoms with van der Waals surface area (Å²) in [6.45, 7) is 0. The van der Waals surface area contributed by atoms with E-state index < -0.39 is 35.0 Å². The molecule has 0 bridgehead atoms. The van der Waals surface area contributed by atoms with Crippen molar-refractivity contribution in [1.29, 1.82) is 0 Å². The maximum absolute atomic E-state index is 13.7. The summed E-state index contributed by atoms with van der Waals surface area (Å²) in [5.74, 6) is -3.26. The largest absolute Gasteiger partial charge is 0.435 e. The first kappa shape index (κ1) is 18.5. The van der Waals surface area contributed by atoms with E-state index >= 15 is 0 Å². The first-order valence-corrected chi connectivity index (χ1v) is 7.51. The van der Waals surface area contributed by atoms with Gasteiger partial charge in [-0.1, -0.05) is 12.1 Å². The van der Waals surface area contributed by atoms with Gasteiger partial charge in [-0.25, -0.2) is 13.8 Å². The fourth-order valence-electron chi connectivity index (χ4n) is 2.39. The van der Waals surface area contributed by atoms with E-state index in [0.29, 0.717) is 0 Å². The maximum Gasteiger partial charge on any atom is 0.435 e. The molecule has 3 aromatic rings. The molecular weight excluding hydrogens is 371 g/mol. The number of alkyl halides is 3. The number of amides is 1. The molecule has 0 aliphatic rings. The molecule has 2 heterocycles. The number of aromatic nitrogens is 3. The minimum absolute atomic E-state index is 0.0514. The van der Waals surface area contributed by atoms with Crippen molar-refractivity contribution in [2.75, 3.05) is 5.32 Å². The number of pyridine rings is 1. The van der Waals surface area contributed by atoms with Crippen LogP contribution in [-0.4, -0.2) is 20.7 Å². The molecule has 0 saturated heterocycles. The minimum atomic E-state index is -4.62. The van der Waals surface area contributed by atoms with Crippen molar-refractivity contribution < 1.29 is 26.7 Å². The highest BCUT2D eigenvalue weighted by Crippen LogP contribution is 2.31. The molecule has 1 N–H and O–H groups in total. The Bertz CT molecular complexity index is 993. The summed E-state index contributed by atoms with van der Waals surface area (Å²) in [4.78, 5) is 16.1. The van der Waals surface area contributed by atoms with Gasteiger partial charge in [0.05, 0.1) is 11.4 Å². The Labute approximate surface area is 149 Å². The number of nitrogens with one attached hydrogen (secondary N) is 1. The number of nitrogens with zero attached hydrogens (tertiary/aromatic N) is 3. The van der Waals surface area contributed by atoms with Gasteiger partial charge in [-0.3, -0.25) is 9.48 Å². The third kappa shape index (κ3) is 3.78. The predicted octanol–water partition coefficient (Wildman–Crippen LogP) is 4.03. The van der Waals surface area contributed by atoms with Crippen molar-refractivity contribution in [3.05, 3.63) is 65.4 Å². The number of anilines is 1. The predicted molar refractivity (Wildman–Crippen MR) is 85.8 cm³/mol. The van der Waals surface area contributed by atoms with Crippen molar-refractivity contribution >= 4 is 11.7 Å². The summed E-state index contributed by atoms with van der Waals surface area (Å²) >= 11 is 0. The van der Waals surface area contributed by atoms with Crippen LogP contribution >= 0.6 is 0 Å². The van der Waals surface area contributed by atoms with Gasteiger partial charge in [0.25, 0.3) is 5.91 Å². The van der Waals surface area contributed by atoms with Gasteiger partial charge in [-0.15, -0.1) is 0 Å². The van der Waals surface area contributed by atoms with Crippen molar-refractivity contribution in [3.8, 4) is 11.4 Å². The molecule has 10 heteroatoms. The average Bonchev–Trinajstić information content (AvgIpc) is 2.97. The van der Waals surface area contributed by atoms with Crippen LogP contribution in [0.3, 0.4) is 0 Å². The molecule has 0 unspecified atom stereocenters. The van der Waals surface area contributed by atoms with Crippen LogP contribution in [0.5, 0.6) is 0 Å². The van der Waals surface area contributed by atoms with Crippen LogP contribution in [0.2, 0.25) is 0 Å². The zero-order valence-electron chi connectivity index (χ0n) is 13.7. The lowest BCUT2D eigenvalue weighted by Gasteiger charge is -2.08. The number of halogens is 5. The lowest BCUT2D eigenvalue weighted by atomic mass is 10.2. The Morgan fingerprint density at radius 1 is 1.07 bits per heavy atom. The van der Waals surface area contributed by atoms with Gasteiger partial charge in [0, 0.05) is 7.05 Å². The number of carbonyl (C=O) groups is 1. The number of carbonyl (C=O) groups excluding carboxylic acids is 1. The third-order valence-corrected chi connectivity index (χ3v) is 3.61. The molecule has 0 aliphatic heterocycles. The molecule has 0 fully saturated rings. The van der Waals surface area contributed by atoms with Gasteiger partial charge in [0.15, 0.2) is 5.69 Å². The molecule has 0 radical (unpaired) electrons. The number of rotatable bonds is 3. The fraction of sp³-hybridized carbons (Fsp3) is 0.118. The van der Waals surface area contributed by atoms with Crippen LogP contribution in [0.15, 0.2) is 42.5 Å². The second-order valence-corrected chi connectivity index (χ2v) is 5.50. The van der Waals surface area contributed by atoms with Crippen LogP contribution in [0.1, 0.15) is 16.1 Å². The lowest BCUT2D eigenvalue weighted by molar-refractivity contribution is -0.141. The van der Waals surface area contributed by atoms with Gasteiger partial charge in [0.1, 0.15) is 23.0 Å². The van der Waals surface area contributed by atoms with Crippen molar-refractivity contribution in [2.24, 2.45) is 7.05 Å². The molecule has 1 amide bonds. The lowest BCUT2D eigenvalue weighted by Crippen LogP contribution is -2.16. The number of hydrogen-bond donors (Lipinski definition) is 1. The van der Waals surface area contributed by atoms with Crippen molar-refractivity contribution in [3.63, 3.8) is 0 Å². The van der Waals surface area contributed by atoms with Gasteiger partial charge >= 0.3 is 6.18 Å². The van der Waals surface area contributed by atoms with E-state index in [1.807, 2.05) is 0 Å². The summed E-state index contributed by atoms with van der Waals surface area (Å²) in [5.41, 5.74) is -1.74. The van der Waals surface area contributed by atoms with E-state index in [-0.39, 0.29) is 17.2 Å². The maximum atomic E-state index is 13.7. The SMILES string of the molecule is Cn1nc(C(F)(F)F)cc1-c1cccc(NC(=O)c2c(F)cccc2F)n1. The van der Waals surface area contributed by atoms with Crippen LogP contribution in [0.25, 0.3) is 11.4 Å². The topological polar surface area (TPSA) is 59.8 Å². The summed E-state index contributed by atoms with van der Waals surface area (Å²) in [6, 6.07) is 7.95. The van der Waals surface area contributed by atoms with Crippen LogP contribution < -0.4 is 5.32 Å². The first-order chi connectivity index (χ1) is 12.7. The van der Waals surface area contributed by atoms with E-state index in [2.05, 4.69) is 15.4 Å². The van der Waals surface area contributed by atoms with Crippen LogP contribution in [0.4, 0.5) is 27.8 Å². The van der Waals surface area contributed by atoms with Crippen LogP contribution in [0, 0.1) is 11.6 Å². The molecule has 2 aromatic heterocycles. The average molecular weight is 382 g/mol. The molecule has 1 aromatic carbocycles. The van der Waals surface area contributed by atoms with Gasteiger partial charge in [-0.2, -0.15) is 18.3 Å². The van der Waals surface area contributed by atoms with E-state index in [0.717, 1.165) is 28.9 Å². The highest BCUT2D eigenvalue weighted by molar-refractivity contribution is 6.04. The Balaban J connectivity index is 1.91. The zero-order valence-corrected chi connectivity index (χ0v) is 13.7.